The van der Waals surface area contributed by atoms with E-state index in [1.165, 1.54) is 0 Å². The van der Waals surface area contributed by atoms with Crippen molar-refractivity contribution in [1.82, 2.24) is 4.90 Å². The first-order chi connectivity index (χ1) is 9.23. The smallest absolute Gasteiger partial charge is 0.219 e. The second-order valence-electron chi connectivity index (χ2n) is 5.91. The Morgan fingerprint density at radius 2 is 1.85 bits per heavy atom. The van der Waals surface area contributed by atoms with Crippen LogP contribution in [-0.2, 0) is 11.3 Å². The van der Waals surface area contributed by atoms with Gasteiger partial charge in [-0.05, 0) is 36.6 Å². The number of rotatable bonds is 5. The first kappa shape index (κ1) is 16.3. The molecule has 1 amide bonds. The van der Waals surface area contributed by atoms with Crippen molar-refractivity contribution in [1.29, 1.82) is 0 Å². The third-order valence-corrected chi connectivity index (χ3v) is 3.79. The Morgan fingerprint density at radius 3 is 2.30 bits per heavy atom. The van der Waals surface area contributed by atoms with E-state index in [1.807, 2.05) is 42.1 Å². The van der Waals surface area contributed by atoms with Crippen LogP contribution in [0, 0.1) is 5.92 Å². The Bertz CT molecular complexity index is 469. The maximum Gasteiger partial charge on any atom is 0.219 e. The molecule has 4 nitrogen and oxygen atoms in total. The molecule has 112 valence electrons. The molecule has 0 saturated carbocycles. The highest BCUT2D eigenvalue weighted by Gasteiger charge is 2.21. The van der Waals surface area contributed by atoms with E-state index >= 15 is 0 Å². The zero-order chi connectivity index (χ0) is 15.4. The fourth-order valence-corrected chi connectivity index (χ4v) is 2.25. The number of anilines is 2. The van der Waals surface area contributed by atoms with Gasteiger partial charge in [0.05, 0.1) is 0 Å². The van der Waals surface area contributed by atoms with E-state index in [-0.39, 0.29) is 11.9 Å². The number of nitrogens with zero attached hydrogens (tertiary/aromatic N) is 2. The molecular formula is C16H27N3O. The van der Waals surface area contributed by atoms with Gasteiger partial charge in [0.25, 0.3) is 0 Å². The third-order valence-electron chi connectivity index (χ3n) is 3.79. The Hall–Kier alpha value is -1.71. The molecule has 1 atom stereocenters. The van der Waals surface area contributed by atoms with E-state index in [9.17, 15) is 4.79 Å². The lowest BCUT2D eigenvalue weighted by atomic mass is 10.0. The summed E-state index contributed by atoms with van der Waals surface area (Å²) in [7, 11) is 4.00. The molecule has 0 heterocycles. The minimum absolute atomic E-state index is 0.0957. The maximum absolute atomic E-state index is 11.9. The molecule has 0 aliphatic rings. The van der Waals surface area contributed by atoms with Crippen LogP contribution in [0.4, 0.5) is 11.4 Å². The molecule has 2 N–H and O–H groups in total. The van der Waals surface area contributed by atoms with Crippen LogP contribution >= 0.6 is 0 Å². The van der Waals surface area contributed by atoms with Gasteiger partial charge in [-0.25, -0.2) is 0 Å². The fraction of sp³-hybridized carbons (Fsp3) is 0.562. The summed E-state index contributed by atoms with van der Waals surface area (Å²) in [6.07, 6.45) is 0. The molecule has 1 aromatic rings. The predicted octanol–water partition coefficient (Wildman–Crippen LogP) is 2.73. The van der Waals surface area contributed by atoms with Gasteiger partial charge in [0, 0.05) is 45.0 Å². The lowest BCUT2D eigenvalue weighted by Crippen LogP contribution is -2.39. The van der Waals surface area contributed by atoms with Crippen molar-refractivity contribution in [2.45, 2.75) is 40.3 Å². The van der Waals surface area contributed by atoms with E-state index in [0.29, 0.717) is 12.5 Å². The molecule has 0 bridgehead atoms. The minimum atomic E-state index is 0.0957. The second kappa shape index (κ2) is 6.64. The Balaban J connectivity index is 3.11. The molecule has 0 aliphatic heterocycles. The summed E-state index contributed by atoms with van der Waals surface area (Å²) >= 11 is 0. The lowest BCUT2D eigenvalue weighted by molar-refractivity contribution is -0.132. The highest BCUT2D eigenvalue weighted by atomic mass is 16.2. The molecule has 0 unspecified atom stereocenters. The number of benzene rings is 1. The second-order valence-corrected chi connectivity index (χ2v) is 5.91. The minimum Gasteiger partial charge on any atom is -0.399 e. The fourth-order valence-electron chi connectivity index (χ4n) is 2.25. The molecule has 1 rings (SSSR count). The Morgan fingerprint density at radius 1 is 1.25 bits per heavy atom. The van der Waals surface area contributed by atoms with Crippen LogP contribution in [-0.4, -0.2) is 30.9 Å². The van der Waals surface area contributed by atoms with Crippen molar-refractivity contribution in [3.63, 3.8) is 0 Å². The number of amides is 1. The highest BCUT2D eigenvalue weighted by Crippen LogP contribution is 2.25. The molecular weight excluding hydrogens is 250 g/mol. The molecule has 4 heteroatoms. The van der Waals surface area contributed by atoms with Crippen LogP contribution < -0.4 is 10.6 Å². The number of nitrogen functional groups attached to an aromatic ring is 1. The van der Waals surface area contributed by atoms with Crippen molar-refractivity contribution in [2.75, 3.05) is 24.7 Å². The molecule has 20 heavy (non-hydrogen) atoms. The molecule has 0 saturated heterocycles. The van der Waals surface area contributed by atoms with E-state index in [4.69, 9.17) is 5.73 Å². The Kier molecular flexibility index (Phi) is 5.43. The van der Waals surface area contributed by atoms with Crippen molar-refractivity contribution < 1.29 is 4.79 Å². The van der Waals surface area contributed by atoms with Gasteiger partial charge in [-0.15, -0.1) is 0 Å². The van der Waals surface area contributed by atoms with Gasteiger partial charge in [-0.1, -0.05) is 13.8 Å². The number of hydrogen-bond donors (Lipinski definition) is 1. The average Bonchev–Trinajstić information content (AvgIpc) is 2.34. The molecule has 0 aromatic heterocycles. The van der Waals surface area contributed by atoms with Crippen molar-refractivity contribution in [3.05, 3.63) is 23.8 Å². The zero-order valence-electron chi connectivity index (χ0n) is 13.5. The number of carbonyl (C=O) groups is 1. The zero-order valence-corrected chi connectivity index (χ0v) is 13.5. The van der Waals surface area contributed by atoms with Gasteiger partial charge in [0.2, 0.25) is 5.91 Å². The topological polar surface area (TPSA) is 49.6 Å². The molecule has 0 spiro atoms. The average molecular weight is 277 g/mol. The predicted molar refractivity (Wildman–Crippen MR) is 85.7 cm³/mol. The van der Waals surface area contributed by atoms with Gasteiger partial charge >= 0.3 is 0 Å². The largest absolute Gasteiger partial charge is 0.399 e. The van der Waals surface area contributed by atoms with Crippen LogP contribution in [0.1, 0.15) is 33.3 Å². The monoisotopic (exact) mass is 277 g/mol. The standard InChI is InChI=1S/C16H27N3O/c1-11(2)12(3)19(13(4)20)10-14-9-15(17)7-8-16(14)18(5)6/h7-9,11-12H,10,17H2,1-6H3/t12-/m1/s1. The van der Waals surface area contributed by atoms with E-state index in [2.05, 4.69) is 20.8 Å². The molecule has 1 aromatic carbocycles. The van der Waals surface area contributed by atoms with E-state index in [1.54, 1.807) is 6.92 Å². The first-order valence-corrected chi connectivity index (χ1v) is 7.07. The van der Waals surface area contributed by atoms with Gasteiger partial charge in [-0.2, -0.15) is 0 Å². The van der Waals surface area contributed by atoms with Gasteiger partial charge in [-0.3, -0.25) is 4.79 Å². The van der Waals surface area contributed by atoms with Gasteiger partial charge in [0.1, 0.15) is 0 Å². The SMILES string of the molecule is CC(=O)N(Cc1cc(N)ccc1N(C)C)[C@H](C)C(C)C. The van der Waals surface area contributed by atoms with Gasteiger partial charge < -0.3 is 15.5 Å². The van der Waals surface area contributed by atoms with Crippen molar-refractivity contribution in [3.8, 4) is 0 Å². The normalized spacial score (nSPS) is 12.3. The van der Waals surface area contributed by atoms with Crippen LogP contribution in [0.3, 0.4) is 0 Å². The molecule has 0 aliphatic carbocycles. The highest BCUT2D eigenvalue weighted by molar-refractivity contribution is 5.74. The summed E-state index contributed by atoms with van der Waals surface area (Å²) in [6.45, 7) is 8.57. The number of carbonyl (C=O) groups excluding carboxylic acids is 1. The quantitative estimate of drug-likeness (QED) is 0.842. The summed E-state index contributed by atoms with van der Waals surface area (Å²) in [5.74, 6) is 0.515. The number of nitrogens with two attached hydrogens (primary N) is 1. The Labute approximate surface area is 122 Å². The van der Waals surface area contributed by atoms with Crippen molar-refractivity contribution >= 4 is 17.3 Å². The number of hydrogen-bond acceptors (Lipinski definition) is 3. The van der Waals surface area contributed by atoms with E-state index < -0.39 is 0 Å². The lowest BCUT2D eigenvalue weighted by Gasteiger charge is -2.32. The van der Waals surface area contributed by atoms with Crippen LogP contribution in [0.15, 0.2) is 18.2 Å². The first-order valence-electron chi connectivity index (χ1n) is 7.07. The summed E-state index contributed by atoms with van der Waals surface area (Å²) in [4.78, 5) is 15.9. The summed E-state index contributed by atoms with van der Waals surface area (Å²) < 4.78 is 0. The van der Waals surface area contributed by atoms with Crippen LogP contribution in [0.5, 0.6) is 0 Å². The van der Waals surface area contributed by atoms with Gasteiger partial charge in [0.15, 0.2) is 0 Å². The maximum atomic E-state index is 11.9. The molecule has 0 fully saturated rings. The summed E-state index contributed by atoms with van der Waals surface area (Å²) in [6, 6.07) is 6.05. The van der Waals surface area contributed by atoms with Crippen LogP contribution in [0.2, 0.25) is 0 Å². The molecule has 0 radical (unpaired) electrons. The van der Waals surface area contributed by atoms with E-state index in [0.717, 1.165) is 16.9 Å². The van der Waals surface area contributed by atoms with Crippen LogP contribution in [0.25, 0.3) is 0 Å². The summed E-state index contributed by atoms with van der Waals surface area (Å²) in [5, 5.41) is 0. The van der Waals surface area contributed by atoms with Crippen molar-refractivity contribution in [2.24, 2.45) is 5.92 Å². The third kappa shape index (κ3) is 3.89. The summed E-state index contributed by atoms with van der Waals surface area (Å²) in [5.41, 5.74) is 8.80.